The summed E-state index contributed by atoms with van der Waals surface area (Å²) in [6.45, 7) is 8.17. The van der Waals surface area contributed by atoms with Crippen molar-refractivity contribution >= 4 is 0 Å². The summed E-state index contributed by atoms with van der Waals surface area (Å²) >= 11 is 0. The molecule has 0 saturated carbocycles. The molecule has 0 aromatic heterocycles. The van der Waals surface area contributed by atoms with Crippen LogP contribution in [0.1, 0.15) is 24.9 Å². The molecule has 3 N–H and O–H groups in total. The highest BCUT2D eigenvalue weighted by atomic mass is 16.5. The Bertz CT molecular complexity index is 445. The number of nitrogens with zero attached hydrogens (tertiary/aromatic N) is 2. The summed E-state index contributed by atoms with van der Waals surface area (Å²) in [7, 11) is 1.56. The highest BCUT2D eigenvalue weighted by molar-refractivity contribution is 5.42. The maximum Gasteiger partial charge on any atom is 0.160 e. The van der Waals surface area contributed by atoms with E-state index in [9.17, 15) is 5.11 Å². The first-order valence-electron chi connectivity index (χ1n) is 7.73. The maximum absolute atomic E-state index is 9.95. The van der Waals surface area contributed by atoms with Crippen LogP contribution in [0.4, 0.5) is 0 Å². The minimum atomic E-state index is 0.158. The van der Waals surface area contributed by atoms with Gasteiger partial charge in [0.2, 0.25) is 0 Å². The van der Waals surface area contributed by atoms with Gasteiger partial charge in [0.05, 0.1) is 7.11 Å². The van der Waals surface area contributed by atoms with E-state index in [1.54, 1.807) is 19.2 Å². The van der Waals surface area contributed by atoms with Gasteiger partial charge in [-0.3, -0.25) is 4.90 Å². The van der Waals surface area contributed by atoms with E-state index >= 15 is 0 Å². The summed E-state index contributed by atoms with van der Waals surface area (Å²) < 4.78 is 5.10. The number of hydrogen-bond donors (Lipinski definition) is 2. The Morgan fingerprint density at radius 2 is 2.00 bits per heavy atom. The standard InChI is InChI=1S/C16H27N3O2/c1-3-6-18-7-9-19(10-8-18)14(12-17)13-4-5-16(21-2)15(20)11-13/h4-5,11,14,20H,3,6-10,12,17H2,1-2H3. The molecule has 118 valence electrons. The van der Waals surface area contributed by atoms with Crippen LogP contribution >= 0.6 is 0 Å². The number of methoxy groups -OCH3 is 1. The van der Waals surface area contributed by atoms with Gasteiger partial charge in [-0.25, -0.2) is 0 Å². The fraction of sp³-hybridized carbons (Fsp3) is 0.625. The second-order valence-electron chi connectivity index (χ2n) is 5.56. The molecule has 5 nitrogen and oxygen atoms in total. The first kappa shape index (κ1) is 16.1. The first-order valence-corrected chi connectivity index (χ1v) is 7.73. The van der Waals surface area contributed by atoms with Gasteiger partial charge in [-0.15, -0.1) is 0 Å². The molecule has 1 fully saturated rings. The summed E-state index contributed by atoms with van der Waals surface area (Å²) in [5.41, 5.74) is 7.04. The van der Waals surface area contributed by atoms with Crippen LogP contribution in [0.5, 0.6) is 11.5 Å². The number of benzene rings is 1. The van der Waals surface area contributed by atoms with E-state index in [-0.39, 0.29) is 11.8 Å². The monoisotopic (exact) mass is 293 g/mol. The number of rotatable bonds is 6. The van der Waals surface area contributed by atoms with Crippen molar-refractivity contribution < 1.29 is 9.84 Å². The molecule has 1 aromatic carbocycles. The van der Waals surface area contributed by atoms with E-state index in [0.29, 0.717) is 12.3 Å². The number of piperazine rings is 1. The Balaban J connectivity index is 2.05. The molecule has 0 amide bonds. The van der Waals surface area contributed by atoms with Crippen molar-refractivity contribution in [2.75, 3.05) is 46.4 Å². The molecule has 0 radical (unpaired) electrons. The van der Waals surface area contributed by atoms with Crippen LogP contribution in [0.25, 0.3) is 0 Å². The Kier molecular flexibility index (Phi) is 5.85. The molecule has 1 saturated heterocycles. The lowest BCUT2D eigenvalue weighted by atomic mass is 10.0. The molecule has 5 heteroatoms. The second-order valence-corrected chi connectivity index (χ2v) is 5.56. The largest absolute Gasteiger partial charge is 0.504 e. The van der Waals surface area contributed by atoms with Crippen molar-refractivity contribution in [1.82, 2.24) is 9.80 Å². The van der Waals surface area contributed by atoms with Gasteiger partial charge < -0.3 is 20.5 Å². The lowest BCUT2D eigenvalue weighted by Gasteiger charge is -2.39. The van der Waals surface area contributed by atoms with E-state index in [2.05, 4.69) is 16.7 Å². The summed E-state index contributed by atoms with van der Waals surface area (Å²) in [5.74, 6) is 0.681. The van der Waals surface area contributed by atoms with Crippen molar-refractivity contribution in [1.29, 1.82) is 0 Å². The number of phenolic OH excluding ortho intramolecular Hbond substituents is 1. The molecule has 1 unspecified atom stereocenters. The molecule has 1 atom stereocenters. The average Bonchev–Trinajstić information content (AvgIpc) is 2.50. The Morgan fingerprint density at radius 1 is 1.29 bits per heavy atom. The van der Waals surface area contributed by atoms with Crippen LogP contribution in [0.2, 0.25) is 0 Å². The van der Waals surface area contributed by atoms with E-state index in [1.165, 1.54) is 13.0 Å². The van der Waals surface area contributed by atoms with Gasteiger partial charge in [0.15, 0.2) is 11.5 Å². The Hall–Kier alpha value is -1.30. The van der Waals surface area contributed by atoms with Crippen molar-refractivity contribution in [3.05, 3.63) is 23.8 Å². The molecule has 0 spiro atoms. The van der Waals surface area contributed by atoms with Crippen molar-refractivity contribution in [2.24, 2.45) is 5.73 Å². The molecule has 1 aromatic rings. The number of phenols is 1. The third-order valence-corrected chi connectivity index (χ3v) is 4.20. The van der Waals surface area contributed by atoms with Crippen molar-refractivity contribution in [3.63, 3.8) is 0 Å². The fourth-order valence-electron chi connectivity index (χ4n) is 3.03. The Labute approximate surface area is 127 Å². The van der Waals surface area contributed by atoms with Gasteiger partial charge in [0, 0.05) is 38.8 Å². The summed E-state index contributed by atoms with van der Waals surface area (Å²) in [6.07, 6.45) is 1.20. The van der Waals surface area contributed by atoms with E-state index in [4.69, 9.17) is 10.5 Å². The molecule has 1 heterocycles. The number of nitrogens with two attached hydrogens (primary N) is 1. The lowest BCUT2D eigenvalue weighted by Crippen LogP contribution is -2.49. The smallest absolute Gasteiger partial charge is 0.160 e. The van der Waals surface area contributed by atoms with Gasteiger partial charge in [0.25, 0.3) is 0 Å². The van der Waals surface area contributed by atoms with Crippen LogP contribution < -0.4 is 10.5 Å². The van der Waals surface area contributed by atoms with E-state index in [0.717, 1.165) is 31.7 Å². The van der Waals surface area contributed by atoms with Crippen LogP contribution in [0.15, 0.2) is 18.2 Å². The van der Waals surface area contributed by atoms with Crippen LogP contribution in [0.3, 0.4) is 0 Å². The van der Waals surface area contributed by atoms with Gasteiger partial charge in [-0.05, 0) is 30.7 Å². The van der Waals surface area contributed by atoms with E-state index in [1.807, 2.05) is 6.07 Å². The Morgan fingerprint density at radius 3 is 2.52 bits per heavy atom. The first-order chi connectivity index (χ1) is 10.2. The minimum absolute atomic E-state index is 0.158. The lowest BCUT2D eigenvalue weighted by molar-refractivity contribution is 0.0984. The zero-order valence-electron chi connectivity index (χ0n) is 13.1. The van der Waals surface area contributed by atoms with Crippen LogP contribution in [0, 0.1) is 0 Å². The predicted octanol–water partition coefficient (Wildman–Crippen LogP) is 1.43. The topological polar surface area (TPSA) is 62.0 Å². The van der Waals surface area contributed by atoms with Crippen LogP contribution in [-0.2, 0) is 0 Å². The number of aromatic hydroxyl groups is 1. The molecule has 1 aliphatic rings. The van der Waals surface area contributed by atoms with Gasteiger partial charge in [0.1, 0.15) is 0 Å². The molecular formula is C16H27N3O2. The summed E-state index contributed by atoms with van der Waals surface area (Å²) in [4.78, 5) is 4.91. The highest BCUT2D eigenvalue weighted by Gasteiger charge is 2.24. The number of ether oxygens (including phenoxy) is 1. The summed E-state index contributed by atoms with van der Waals surface area (Å²) in [6, 6.07) is 5.73. The average molecular weight is 293 g/mol. The van der Waals surface area contributed by atoms with Gasteiger partial charge >= 0.3 is 0 Å². The normalized spacial score (nSPS) is 18.6. The molecule has 21 heavy (non-hydrogen) atoms. The third kappa shape index (κ3) is 3.87. The minimum Gasteiger partial charge on any atom is -0.504 e. The molecule has 1 aliphatic heterocycles. The third-order valence-electron chi connectivity index (χ3n) is 4.20. The fourth-order valence-corrected chi connectivity index (χ4v) is 3.03. The highest BCUT2D eigenvalue weighted by Crippen LogP contribution is 2.31. The van der Waals surface area contributed by atoms with Crippen molar-refractivity contribution in [3.8, 4) is 11.5 Å². The predicted molar refractivity (Wildman–Crippen MR) is 84.8 cm³/mol. The van der Waals surface area contributed by atoms with Gasteiger partial charge in [-0.2, -0.15) is 0 Å². The van der Waals surface area contributed by atoms with Gasteiger partial charge in [-0.1, -0.05) is 13.0 Å². The quantitative estimate of drug-likeness (QED) is 0.831. The maximum atomic E-state index is 9.95. The molecule has 0 aliphatic carbocycles. The van der Waals surface area contributed by atoms with Crippen LogP contribution in [-0.4, -0.2) is 61.3 Å². The molecular weight excluding hydrogens is 266 g/mol. The second kappa shape index (κ2) is 7.64. The zero-order chi connectivity index (χ0) is 15.2. The summed E-state index contributed by atoms with van der Waals surface area (Å²) in [5, 5.41) is 9.95. The van der Waals surface area contributed by atoms with Crippen molar-refractivity contribution in [2.45, 2.75) is 19.4 Å². The molecule has 2 rings (SSSR count). The molecule has 0 bridgehead atoms. The zero-order valence-corrected chi connectivity index (χ0v) is 13.1. The SMILES string of the molecule is CCCN1CCN(C(CN)c2ccc(OC)c(O)c2)CC1. The van der Waals surface area contributed by atoms with E-state index < -0.39 is 0 Å². The number of hydrogen-bond acceptors (Lipinski definition) is 5.